The largest absolute Gasteiger partial charge is 0.496 e. The van der Waals surface area contributed by atoms with E-state index in [0.29, 0.717) is 13.0 Å². The average molecular weight is 561 g/mol. The van der Waals surface area contributed by atoms with Crippen LogP contribution in [0.4, 0.5) is 13.2 Å². The fourth-order valence-corrected chi connectivity index (χ4v) is 6.57. The Morgan fingerprint density at radius 2 is 1.84 bits per heavy atom. The molecule has 1 aromatic carbocycles. The third-order valence-electron chi connectivity index (χ3n) is 7.25. The van der Waals surface area contributed by atoms with Gasteiger partial charge in [0.15, 0.2) is 0 Å². The minimum Gasteiger partial charge on any atom is -0.496 e. The average Bonchev–Trinajstić information content (AvgIpc) is 3.32. The van der Waals surface area contributed by atoms with Gasteiger partial charge in [0.1, 0.15) is 11.3 Å². The molecular formula is C25H31F3N2O7S. The van der Waals surface area contributed by atoms with Gasteiger partial charge >= 0.3 is 18.1 Å². The van der Waals surface area contributed by atoms with Crippen LogP contribution >= 0.6 is 11.8 Å². The quantitative estimate of drug-likeness (QED) is 0.317. The SMILES string of the molecule is CCCSc1ccc(C2C3C(=O)N(C)C(=O)C3[C@]3(C(=O)OC)CCCCN23)cc1OC.O=C(O)C(F)(F)F. The smallest absolute Gasteiger partial charge is 0.490 e. The molecule has 3 aliphatic rings. The van der Waals surface area contributed by atoms with E-state index in [0.717, 1.165) is 41.2 Å². The van der Waals surface area contributed by atoms with E-state index in [1.807, 2.05) is 18.2 Å². The van der Waals surface area contributed by atoms with Crippen LogP contribution in [-0.2, 0) is 23.9 Å². The van der Waals surface area contributed by atoms with Crippen molar-refractivity contribution in [3.8, 4) is 5.75 Å². The topological polar surface area (TPSA) is 113 Å². The molecule has 3 fully saturated rings. The highest BCUT2D eigenvalue weighted by molar-refractivity contribution is 7.99. The summed E-state index contributed by atoms with van der Waals surface area (Å²) in [6.07, 6.45) is -1.77. The number of halogens is 3. The first-order valence-corrected chi connectivity index (χ1v) is 13.1. The minimum absolute atomic E-state index is 0.221. The van der Waals surface area contributed by atoms with E-state index in [4.69, 9.17) is 19.4 Å². The Morgan fingerprint density at radius 1 is 1.18 bits per heavy atom. The van der Waals surface area contributed by atoms with Gasteiger partial charge in [-0.3, -0.25) is 24.2 Å². The lowest BCUT2D eigenvalue weighted by Gasteiger charge is -2.44. The number of alkyl halides is 3. The van der Waals surface area contributed by atoms with Crippen molar-refractivity contribution in [2.75, 3.05) is 33.6 Å². The Kier molecular flexibility index (Phi) is 9.02. The molecule has 0 saturated carbocycles. The number of ether oxygens (including phenoxy) is 2. The summed E-state index contributed by atoms with van der Waals surface area (Å²) < 4.78 is 42.6. The number of piperidine rings is 1. The van der Waals surface area contributed by atoms with Crippen molar-refractivity contribution in [1.82, 2.24) is 9.80 Å². The molecule has 210 valence electrons. The van der Waals surface area contributed by atoms with Crippen LogP contribution in [0, 0.1) is 11.8 Å². The van der Waals surface area contributed by atoms with Crippen LogP contribution in [0.25, 0.3) is 0 Å². The van der Waals surface area contributed by atoms with Crippen molar-refractivity contribution in [2.45, 2.75) is 55.3 Å². The maximum absolute atomic E-state index is 13.2. The van der Waals surface area contributed by atoms with E-state index < -0.39 is 35.5 Å². The molecule has 4 atom stereocenters. The number of esters is 1. The second-order valence-electron chi connectivity index (χ2n) is 9.31. The summed E-state index contributed by atoms with van der Waals surface area (Å²) in [5.41, 5.74) is -0.195. The predicted molar refractivity (Wildman–Crippen MR) is 131 cm³/mol. The molecule has 3 aliphatic heterocycles. The molecule has 4 rings (SSSR count). The van der Waals surface area contributed by atoms with E-state index in [1.165, 1.54) is 19.1 Å². The molecule has 9 nitrogen and oxygen atoms in total. The molecule has 0 bridgehead atoms. The first-order valence-electron chi connectivity index (χ1n) is 12.1. The number of fused-ring (bicyclic) bond motifs is 3. The Bertz CT molecular complexity index is 1100. The number of likely N-dealkylation sites (tertiary alicyclic amines) is 1. The van der Waals surface area contributed by atoms with E-state index in [-0.39, 0.29) is 17.9 Å². The lowest BCUT2D eigenvalue weighted by atomic mass is 9.75. The van der Waals surface area contributed by atoms with Crippen LogP contribution in [0.5, 0.6) is 5.75 Å². The fraction of sp³-hybridized carbons (Fsp3) is 0.600. The highest BCUT2D eigenvalue weighted by Gasteiger charge is 2.72. The number of benzene rings is 1. The Labute approximate surface area is 222 Å². The predicted octanol–water partition coefficient (Wildman–Crippen LogP) is 3.51. The van der Waals surface area contributed by atoms with Gasteiger partial charge in [-0.15, -0.1) is 11.8 Å². The van der Waals surface area contributed by atoms with Crippen LogP contribution in [0.3, 0.4) is 0 Å². The van der Waals surface area contributed by atoms with Crippen LogP contribution in [0.1, 0.15) is 44.2 Å². The summed E-state index contributed by atoms with van der Waals surface area (Å²) in [6, 6.07) is 5.64. The number of aliphatic carboxylic acids is 1. The van der Waals surface area contributed by atoms with Crippen LogP contribution in [-0.4, -0.2) is 83.9 Å². The number of thioether (sulfide) groups is 1. The number of hydrogen-bond donors (Lipinski definition) is 1. The summed E-state index contributed by atoms with van der Waals surface area (Å²) in [5.74, 6) is -3.26. The molecule has 0 radical (unpaired) electrons. The summed E-state index contributed by atoms with van der Waals surface area (Å²) in [7, 11) is 4.52. The highest BCUT2D eigenvalue weighted by atomic mass is 32.2. The van der Waals surface area contributed by atoms with Gasteiger partial charge in [0.05, 0.1) is 26.1 Å². The van der Waals surface area contributed by atoms with E-state index >= 15 is 0 Å². The summed E-state index contributed by atoms with van der Waals surface area (Å²) in [4.78, 5) is 52.8. The number of imide groups is 1. The van der Waals surface area contributed by atoms with E-state index in [1.54, 1.807) is 18.9 Å². The van der Waals surface area contributed by atoms with E-state index in [9.17, 15) is 27.6 Å². The number of nitrogens with zero attached hydrogens (tertiary/aromatic N) is 2. The molecule has 2 amide bonds. The normalized spacial score (nSPS) is 26.8. The number of methoxy groups -OCH3 is 2. The lowest BCUT2D eigenvalue weighted by molar-refractivity contribution is -0.192. The van der Waals surface area contributed by atoms with Crippen molar-refractivity contribution in [3.05, 3.63) is 23.8 Å². The van der Waals surface area contributed by atoms with Crippen molar-refractivity contribution >= 4 is 35.5 Å². The molecule has 0 aromatic heterocycles. The second-order valence-corrected chi connectivity index (χ2v) is 10.4. The highest BCUT2D eigenvalue weighted by Crippen LogP contribution is 2.58. The summed E-state index contributed by atoms with van der Waals surface area (Å²) in [5, 5.41) is 7.12. The van der Waals surface area contributed by atoms with Gasteiger partial charge in [-0.25, -0.2) is 4.79 Å². The molecule has 0 spiro atoms. The van der Waals surface area contributed by atoms with Gasteiger partial charge in [-0.05, 0) is 55.7 Å². The number of carbonyl (C=O) groups excluding carboxylic acids is 3. The zero-order valence-electron chi connectivity index (χ0n) is 21.5. The lowest BCUT2D eigenvalue weighted by Crippen LogP contribution is -2.59. The van der Waals surface area contributed by atoms with E-state index in [2.05, 4.69) is 11.8 Å². The van der Waals surface area contributed by atoms with Gasteiger partial charge < -0.3 is 14.6 Å². The number of carboxylic acids is 1. The number of carbonyl (C=O) groups is 4. The fourth-order valence-electron chi connectivity index (χ4n) is 5.70. The molecule has 13 heteroatoms. The standard InChI is InChI=1S/C23H30N2O5S.C2HF3O2/c1-5-12-31-16-9-8-14(13-15(16)29-3)19-17-18(21(27)24(2)20(17)26)23(22(28)30-4)10-6-7-11-25(19)23;3-2(4,5)1(6)7/h8-9,13,17-19H,5-7,10-12H2,1-4H3;(H,6,7)/t17?,18?,19?,23-;/m0./s1. The third-order valence-corrected chi connectivity index (χ3v) is 8.51. The maximum atomic E-state index is 13.2. The third kappa shape index (κ3) is 5.09. The van der Waals surface area contributed by atoms with Gasteiger partial charge in [-0.2, -0.15) is 13.2 Å². The van der Waals surface area contributed by atoms with Crippen LogP contribution < -0.4 is 4.74 Å². The van der Waals surface area contributed by atoms with Gasteiger partial charge in [0.2, 0.25) is 11.8 Å². The summed E-state index contributed by atoms with van der Waals surface area (Å²) >= 11 is 1.73. The van der Waals surface area contributed by atoms with Crippen molar-refractivity contribution in [2.24, 2.45) is 11.8 Å². The Hall–Kier alpha value is -2.80. The molecule has 3 heterocycles. The molecule has 1 N–H and O–H groups in total. The number of carboxylic acid groups (broad SMARTS) is 1. The Morgan fingerprint density at radius 3 is 2.39 bits per heavy atom. The second kappa shape index (κ2) is 11.5. The number of hydrogen-bond acceptors (Lipinski definition) is 8. The molecule has 3 saturated heterocycles. The van der Waals surface area contributed by atoms with Gasteiger partial charge in [0, 0.05) is 18.0 Å². The summed E-state index contributed by atoms with van der Waals surface area (Å²) in [6.45, 7) is 2.78. The zero-order valence-corrected chi connectivity index (χ0v) is 22.4. The first kappa shape index (κ1) is 29.8. The molecule has 1 aromatic rings. The van der Waals surface area contributed by atoms with Gasteiger partial charge in [-0.1, -0.05) is 13.0 Å². The van der Waals surface area contributed by atoms with Crippen molar-refractivity contribution in [1.29, 1.82) is 0 Å². The number of rotatable bonds is 6. The maximum Gasteiger partial charge on any atom is 0.490 e. The van der Waals surface area contributed by atoms with Gasteiger partial charge in [0.25, 0.3) is 0 Å². The Balaban J connectivity index is 0.000000505. The first-order chi connectivity index (χ1) is 17.9. The molecular weight excluding hydrogens is 529 g/mol. The molecule has 3 unspecified atom stereocenters. The van der Waals surface area contributed by atoms with Crippen LogP contribution in [0.2, 0.25) is 0 Å². The van der Waals surface area contributed by atoms with Crippen molar-refractivity contribution in [3.63, 3.8) is 0 Å². The minimum atomic E-state index is -5.08. The number of amides is 2. The zero-order chi connectivity index (χ0) is 28.4. The molecule has 0 aliphatic carbocycles. The van der Waals surface area contributed by atoms with Crippen LogP contribution in [0.15, 0.2) is 23.1 Å². The monoisotopic (exact) mass is 560 g/mol. The van der Waals surface area contributed by atoms with Crippen molar-refractivity contribution < 1.29 is 46.9 Å². The molecule has 38 heavy (non-hydrogen) atoms.